The molecule has 2 unspecified atom stereocenters. The van der Waals surface area contributed by atoms with E-state index in [-0.39, 0.29) is 6.10 Å². The van der Waals surface area contributed by atoms with Crippen molar-refractivity contribution in [1.82, 2.24) is 10.2 Å². The van der Waals surface area contributed by atoms with Gasteiger partial charge in [-0.15, -0.1) is 0 Å². The Hall–Kier alpha value is -0.160. The first-order valence-corrected chi connectivity index (χ1v) is 6.99. The van der Waals surface area contributed by atoms with Crippen LogP contribution in [0, 0.1) is 0 Å². The zero-order chi connectivity index (χ0) is 12.5. The largest absolute Gasteiger partial charge is 0.390 e. The predicted molar refractivity (Wildman–Crippen MR) is 70.3 cm³/mol. The van der Waals surface area contributed by atoms with Crippen molar-refractivity contribution in [3.63, 3.8) is 0 Å². The van der Waals surface area contributed by atoms with E-state index >= 15 is 0 Å². The van der Waals surface area contributed by atoms with Gasteiger partial charge in [-0.3, -0.25) is 4.90 Å². The average molecular weight is 244 g/mol. The lowest BCUT2D eigenvalue weighted by Gasteiger charge is -2.25. The van der Waals surface area contributed by atoms with E-state index in [0.717, 1.165) is 52.0 Å². The number of aliphatic hydroxyl groups is 1. The highest BCUT2D eigenvalue weighted by Gasteiger charge is 2.19. The minimum absolute atomic E-state index is 0.267. The monoisotopic (exact) mass is 244 g/mol. The molecule has 4 heteroatoms. The van der Waals surface area contributed by atoms with Crippen LogP contribution in [0.2, 0.25) is 0 Å². The molecule has 0 aliphatic carbocycles. The highest BCUT2D eigenvalue weighted by atomic mass is 16.5. The summed E-state index contributed by atoms with van der Waals surface area (Å²) in [6.07, 6.45) is 3.32. The van der Waals surface area contributed by atoms with Gasteiger partial charge in [-0.2, -0.15) is 0 Å². The summed E-state index contributed by atoms with van der Waals surface area (Å²) < 4.78 is 5.72. The molecule has 1 aliphatic heterocycles. The lowest BCUT2D eigenvalue weighted by Crippen LogP contribution is -2.41. The Bertz CT molecular complexity index is 190. The van der Waals surface area contributed by atoms with Gasteiger partial charge in [0.15, 0.2) is 0 Å². The van der Waals surface area contributed by atoms with Crippen LogP contribution in [0.4, 0.5) is 0 Å². The zero-order valence-electron chi connectivity index (χ0n) is 11.3. The van der Waals surface area contributed by atoms with E-state index in [1.54, 1.807) is 0 Å². The van der Waals surface area contributed by atoms with Crippen molar-refractivity contribution >= 4 is 0 Å². The van der Waals surface area contributed by atoms with Gasteiger partial charge in [0.05, 0.1) is 12.2 Å². The molecule has 1 rings (SSSR count). The third kappa shape index (κ3) is 6.36. The van der Waals surface area contributed by atoms with Crippen molar-refractivity contribution in [3.05, 3.63) is 0 Å². The van der Waals surface area contributed by atoms with Gasteiger partial charge in [-0.1, -0.05) is 13.8 Å². The van der Waals surface area contributed by atoms with Crippen molar-refractivity contribution in [2.45, 2.75) is 45.3 Å². The first kappa shape index (κ1) is 14.9. The number of nitrogens with zero attached hydrogens (tertiary/aromatic N) is 1. The van der Waals surface area contributed by atoms with Crippen molar-refractivity contribution in [3.8, 4) is 0 Å². The summed E-state index contributed by atoms with van der Waals surface area (Å²) in [4.78, 5) is 2.33. The molecular formula is C13H28N2O2. The second-order valence-electron chi connectivity index (χ2n) is 4.87. The normalized spacial score (nSPS) is 24.5. The Morgan fingerprint density at radius 1 is 1.47 bits per heavy atom. The minimum atomic E-state index is -0.267. The molecule has 1 fully saturated rings. The van der Waals surface area contributed by atoms with Crippen LogP contribution in [-0.2, 0) is 4.74 Å². The summed E-state index contributed by atoms with van der Waals surface area (Å²) in [5.41, 5.74) is 0. The second kappa shape index (κ2) is 8.86. The highest BCUT2D eigenvalue weighted by molar-refractivity contribution is 4.73. The van der Waals surface area contributed by atoms with Crippen LogP contribution in [0.3, 0.4) is 0 Å². The van der Waals surface area contributed by atoms with Crippen molar-refractivity contribution in [1.29, 1.82) is 0 Å². The quantitative estimate of drug-likeness (QED) is 0.652. The molecule has 2 atom stereocenters. The van der Waals surface area contributed by atoms with Gasteiger partial charge in [0, 0.05) is 32.8 Å². The molecule has 0 bridgehead atoms. The zero-order valence-corrected chi connectivity index (χ0v) is 11.3. The number of β-amino-alcohol motifs (C(OH)–C–C–N with tert-alkyl or cyclic N) is 1. The molecule has 0 aromatic carbocycles. The fourth-order valence-corrected chi connectivity index (χ4v) is 2.19. The summed E-state index contributed by atoms with van der Waals surface area (Å²) in [7, 11) is 0. The van der Waals surface area contributed by atoms with Gasteiger partial charge in [-0.25, -0.2) is 0 Å². The van der Waals surface area contributed by atoms with Gasteiger partial charge in [0.1, 0.15) is 0 Å². The topological polar surface area (TPSA) is 44.7 Å². The summed E-state index contributed by atoms with van der Waals surface area (Å²) in [5, 5.41) is 13.2. The Balaban J connectivity index is 2.23. The van der Waals surface area contributed by atoms with E-state index < -0.39 is 0 Å². The smallest absolute Gasteiger partial charge is 0.0791 e. The van der Waals surface area contributed by atoms with E-state index in [2.05, 4.69) is 24.1 Å². The van der Waals surface area contributed by atoms with Crippen molar-refractivity contribution in [2.75, 3.05) is 39.3 Å². The van der Waals surface area contributed by atoms with Crippen LogP contribution in [0.25, 0.3) is 0 Å². The van der Waals surface area contributed by atoms with Crippen LogP contribution < -0.4 is 5.32 Å². The van der Waals surface area contributed by atoms with Gasteiger partial charge in [0.2, 0.25) is 0 Å². The summed E-state index contributed by atoms with van der Waals surface area (Å²) in [6.45, 7) is 9.60. The fourth-order valence-electron chi connectivity index (χ4n) is 2.19. The molecule has 0 spiro atoms. The Morgan fingerprint density at radius 2 is 2.29 bits per heavy atom. The molecule has 17 heavy (non-hydrogen) atoms. The molecule has 1 saturated heterocycles. The van der Waals surface area contributed by atoms with E-state index in [1.807, 2.05) is 0 Å². The predicted octanol–water partition coefficient (Wildman–Crippen LogP) is 0.848. The van der Waals surface area contributed by atoms with E-state index in [9.17, 15) is 5.11 Å². The van der Waals surface area contributed by atoms with Gasteiger partial charge in [0.25, 0.3) is 0 Å². The van der Waals surface area contributed by atoms with Gasteiger partial charge < -0.3 is 15.2 Å². The number of hydrogen-bond acceptors (Lipinski definition) is 4. The number of ether oxygens (including phenoxy) is 1. The maximum Gasteiger partial charge on any atom is 0.0791 e. The summed E-state index contributed by atoms with van der Waals surface area (Å²) in [6, 6.07) is 0. The molecule has 1 heterocycles. The summed E-state index contributed by atoms with van der Waals surface area (Å²) in [5.74, 6) is 0. The Labute approximate surface area is 105 Å². The first-order chi connectivity index (χ1) is 8.26. The fraction of sp³-hybridized carbons (Fsp3) is 1.00. The van der Waals surface area contributed by atoms with Gasteiger partial charge >= 0.3 is 0 Å². The van der Waals surface area contributed by atoms with Crippen LogP contribution in [0.1, 0.15) is 33.1 Å². The maximum absolute atomic E-state index is 9.93. The number of rotatable bonds is 7. The third-order valence-electron chi connectivity index (χ3n) is 3.17. The average Bonchev–Trinajstić information content (AvgIpc) is 2.54. The third-order valence-corrected chi connectivity index (χ3v) is 3.17. The van der Waals surface area contributed by atoms with Crippen LogP contribution >= 0.6 is 0 Å². The SMILES string of the molecule is CCCNCC(O)CN1CCCOC(CC)C1. The summed E-state index contributed by atoms with van der Waals surface area (Å²) >= 11 is 0. The molecular weight excluding hydrogens is 216 g/mol. The molecule has 0 amide bonds. The van der Waals surface area contributed by atoms with Crippen LogP contribution in [0.5, 0.6) is 0 Å². The lowest BCUT2D eigenvalue weighted by atomic mass is 10.2. The standard InChI is InChI=1S/C13H28N2O2/c1-3-6-14-9-12(16)10-15-7-5-8-17-13(4-2)11-15/h12-14,16H,3-11H2,1-2H3. The molecule has 4 nitrogen and oxygen atoms in total. The molecule has 0 saturated carbocycles. The molecule has 2 N–H and O–H groups in total. The number of nitrogens with one attached hydrogen (secondary N) is 1. The molecule has 0 radical (unpaired) electrons. The first-order valence-electron chi connectivity index (χ1n) is 6.99. The number of aliphatic hydroxyl groups excluding tert-OH is 1. The highest BCUT2D eigenvalue weighted by Crippen LogP contribution is 2.08. The van der Waals surface area contributed by atoms with E-state index in [1.165, 1.54) is 0 Å². The van der Waals surface area contributed by atoms with E-state index in [0.29, 0.717) is 12.6 Å². The Morgan fingerprint density at radius 3 is 3.00 bits per heavy atom. The second-order valence-corrected chi connectivity index (χ2v) is 4.87. The minimum Gasteiger partial charge on any atom is -0.390 e. The van der Waals surface area contributed by atoms with Gasteiger partial charge in [-0.05, 0) is 25.8 Å². The van der Waals surface area contributed by atoms with Crippen LogP contribution in [-0.4, -0.2) is 61.5 Å². The molecule has 0 aromatic heterocycles. The number of hydrogen-bond donors (Lipinski definition) is 2. The van der Waals surface area contributed by atoms with Crippen molar-refractivity contribution in [2.24, 2.45) is 0 Å². The van der Waals surface area contributed by atoms with Crippen LogP contribution in [0.15, 0.2) is 0 Å². The molecule has 1 aliphatic rings. The maximum atomic E-state index is 9.93. The lowest BCUT2D eigenvalue weighted by molar-refractivity contribution is 0.0429. The van der Waals surface area contributed by atoms with Crippen molar-refractivity contribution < 1.29 is 9.84 Å². The Kier molecular flexibility index (Phi) is 7.77. The molecule has 0 aromatic rings. The van der Waals surface area contributed by atoms with E-state index in [4.69, 9.17) is 4.74 Å². The molecule has 102 valence electrons.